The van der Waals surface area contributed by atoms with Gasteiger partial charge in [-0.15, -0.1) is 0 Å². The number of aromatic nitrogens is 3. The summed E-state index contributed by atoms with van der Waals surface area (Å²) in [7, 11) is 0. The third kappa shape index (κ3) is 4.55. The van der Waals surface area contributed by atoms with Gasteiger partial charge in [-0.1, -0.05) is 17.3 Å². The van der Waals surface area contributed by atoms with E-state index in [4.69, 9.17) is 4.52 Å². The maximum absolute atomic E-state index is 12.8. The topological polar surface area (TPSA) is 73.0 Å². The fraction of sp³-hybridized carbons (Fsp3) is 0.278. The van der Waals surface area contributed by atoms with E-state index >= 15 is 0 Å². The number of nitrogens with one attached hydrogen (secondary N) is 1. The van der Waals surface area contributed by atoms with E-state index in [1.54, 1.807) is 17.8 Å². The van der Waals surface area contributed by atoms with E-state index in [9.17, 15) is 18.0 Å². The van der Waals surface area contributed by atoms with Gasteiger partial charge in [-0.25, -0.2) is 0 Å². The lowest BCUT2D eigenvalue weighted by atomic mass is 10.0. The minimum Gasteiger partial charge on any atom is -0.359 e. The van der Waals surface area contributed by atoms with Crippen molar-refractivity contribution in [2.75, 3.05) is 0 Å². The predicted molar refractivity (Wildman–Crippen MR) is 89.9 cm³/mol. The van der Waals surface area contributed by atoms with Crippen LogP contribution >= 0.6 is 0 Å². The van der Waals surface area contributed by atoms with Crippen LogP contribution in [0.4, 0.5) is 13.2 Å². The SMILES string of the molecule is Cc1cnn(Cc2cc(C(=O)N[C@H](C)c3cccc(C(F)(F)F)c3)no2)c1. The fourth-order valence-corrected chi connectivity index (χ4v) is 2.55. The summed E-state index contributed by atoms with van der Waals surface area (Å²) in [6.45, 7) is 3.82. The maximum atomic E-state index is 12.8. The highest BCUT2D eigenvalue weighted by molar-refractivity contribution is 5.92. The number of aryl methyl sites for hydroxylation is 1. The van der Waals surface area contributed by atoms with Crippen LogP contribution in [0.25, 0.3) is 0 Å². The number of amides is 1. The summed E-state index contributed by atoms with van der Waals surface area (Å²) in [4.78, 5) is 12.3. The molecule has 0 spiro atoms. The molecule has 0 saturated heterocycles. The average Bonchev–Trinajstić information content (AvgIpc) is 3.23. The van der Waals surface area contributed by atoms with Crippen LogP contribution in [0.3, 0.4) is 0 Å². The molecule has 2 heterocycles. The van der Waals surface area contributed by atoms with E-state index in [1.165, 1.54) is 18.2 Å². The second-order valence-corrected chi connectivity index (χ2v) is 6.21. The Bertz CT molecular complexity index is 946. The first-order valence-corrected chi connectivity index (χ1v) is 8.15. The van der Waals surface area contributed by atoms with Gasteiger partial charge in [-0.2, -0.15) is 18.3 Å². The molecular formula is C18H17F3N4O2. The first-order chi connectivity index (χ1) is 12.7. The molecule has 0 aliphatic carbocycles. The summed E-state index contributed by atoms with van der Waals surface area (Å²) in [5.74, 6) is -0.0958. The molecule has 0 aliphatic rings. The Balaban J connectivity index is 1.67. The molecule has 6 nitrogen and oxygen atoms in total. The normalized spacial score (nSPS) is 12.8. The molecule has 3 aromatic rings. The van der Waals surface area contributed by atoms with Crippen molar-refractivity contribution < 1.29 is 22.5 Å². The molecule has 0 bridgehead atoms. The van der Waals surface area contributed by atoms with Gasteiger partial charge in [0.25, 0.3) is 5.91 Å². The summed E-state index contributed by atoms with van der Waals surface area (Å²) in [5.41, 5.74) is 0.614. The Kier molecular flexibility index (Phi) is 5.02. The van der Waals surface area contributed by atoms with Crippen molar-refractivity contribution in [2.45, 2.75) is 32.6 Å². The largest absolute Gasteiger partial charge is 0.416 e. The number of rotatable bonds is 5. The Labute approximate surface area is 153 Å². The standard InChI is InChI=1S/C18H17F3N4O2/c1-11-8-22-25(9-11)10-15-7-16(24-27-15)17(26)23-12(2)13-4-3-5-14(6-13)18(19,20)21/h3-9,12H,10H2,1-2H3,(H,23,26)/t12-/m1/s1. The Morgan fingerprint density at radius 1 is 1.33 bits per heavy atom. The molecule has 3 rings (SSSR count). The third-order valence-corrected chi connectivity index (χ3v) is 3.93. The number of alkyl halides is 3. The zero-order chi connectivity index (χ0) is 19.6. The van der Waals surface area contributed by atoms with Crippen LogP contribution in [0.15, 0.2) is 47.2 Å². The van der Waals surface area contributed by atoms with Crippen LogP contribution in [0, 0.1) is 6.92 Å². The molecule has 1 amide bonds. The quantitative estimate of drug-likeness (QED) is 0.734. The smallest absolute Gasteiger partial charge is 0.359 e. The molecule has 1 aromatic carbocycles. The number of carbonyl (C=O) groups is 1. The van der Waals surface area contributed by atoms with Crippen molar-refractivity contribution in [3.63, 3.8) is 0 Å². The van der Waals surface area contributed by atoms with Crippen molar-refractivity contribution in [1.29, 1.82) is 0 Å². The Hall–Kier alpha value is -3.10. The highest BCUT2D eigenvalue weighted by atomic mass is 19.4. The van der Waals surface area contributed by atoms with Crippen molar-refractivity contribution in [3.05, 3.63) is 70.9 Å². The number of carbonyl (C=O) groups excluding carboxylic acids is 1. The van der Waals surface area contributed by atoms with Gasteiger partial charge in [0, 0.05) is 12.3 Å². The van der Waals surface area contributed by atoms with Gasteiger partial charge in [0.15, 0.2) is 11.5 Å². The summed E-state index contributed by atoms with van der Waals surface area (Å²) in [6.07, 6.45) is -0.926. The zero-order valence-corrected chi connectivity index (χ0v) is 14.6. The van der Waals surface area contributed by atoms with Gasteiger partial charge in [0.05, 0.1) is 17.8 Å². The summed E-state index contributed by atoms with van der Waals surface area (Å²) in [5, 5.41) is 10.5. The molecular weight excluding hydrogens is 361 g/mol. The van der Waals surface area contributed by atoms with Crippen LogP contribution < -0.4 is 5.32 Å². The van der Waals surface area contributed by atoms with Crippen molar-refractivity contribution in [2.24, 2.45) is 0 Å². The molecule has 1 N–H and O–H groups in total. The minimum atomic E-state index is -4.44. The summed E-state index contributed by atoms with van der Waals surface area (Å²) in [6, 6.07) is 5.67. The van der Waals surface area contributed by atoms with Gasteiger partial charge in [-0.05, 0) is 37.1 Å². The lowest BCUT2D eigenvalue weighted by Gasteiger charge is -2.15. The lowest BCUT2D eigenvalue weighted by molar-refractivity contribution is -0.137. The van der Waals surface area contributed by atoms with E-state index in [1.807, 2.05) is 13.1 Å². The van der Waals surface area contributed by atoms with Crippen LogP contribution in [-0.2, 0) is 12.7 Å². The number of halogens is 3. The van der Waals surface area contributed by atoms with Gasteiger partial charge >= 0.3 is 6.18 Å². The zero-order valence-electron chi connectivity index (χ0n) is 14.6. The molecule has 0 fully saturated rings. The molecule has 1 atom stereocenters. The van der Waals surface area contributed by atoms with Crippen LogP contribution in [0.2, 0.25) is 0 Å². The van der Waals surface area contributed by atoms with E-state index in [0.717, 1.165) is 17.7 Å². The lowest BCUT2D eigenvalue weighted by Crippen LogP contribution is -2.27. The monoisotopic (exact) mass is 378 g/mol. The second-order valence-electron chi connectivity index (χ2n) is 6.21. The average molecular weight is 378 g/mol. The van der Waals surface area contributed by atoms with Crippen molar-refractivity contribution >= 4 is 5.91 Å². The Morgan fingerprint density at radius 3 is 2.78 bits per heavy atom. The van der Waals surface area contributed by atoms with Gasteiger partial charge in [0.2, 0.25) is 0 Å². The highest BCUT2D eigenvalue weighted by Gasteiger charge is 2.30. The van der Waals surface area contributed by atoms with Gasteiger partial charge in [-0.3, -0.25) is 9.48 Å². The third-order valence-electron chi connectivity index (χ3n) is 3.93. The van der Waals surface area contributed by atoms with E-state index < -0.39 is 23.7 Å². The van der Waals surface area contributed by atoms with Gasteiger partial charge < -0.3 is 9.84 Å². The molecule has 0 aliphatic heterocycles. The first kappa shape index (κ1) is 18.7. The van der Waals surface area contributed by atoms with Crippen LogP contribution in [-0.4, -0.2) is 20.8 Å². The molecule has 2 aromatic heterocycles. The van der Waals surface area contributed by atoms with Gasteiger partial charge in [0.1, 0.15) is 6.54 Å². The van der Waals surface area contributed by atoms with Crippen LogP contribution in [0.1, 0.15) is 45.9 Å². The summed E-state index contributed by atoms with van der Waals surface area (Å²) < 4.78 is 45.2. The van der Waals surface area contributed by atoms with E-state index in [-0.39, 0.29) is 5.69 Å². The van der Waals surface area contributed by atoms with Crippen molar-refractivity contribution in [3.8, 4) is 0 Å². The highest BCUT2D eigenvalue weighted by Crippen LogP contribution is 2.30. The number of benzene rings is 1. The molecule has 0 saturated carbocycles. The number of nitrogens with zero attached hydrogens (tertiary/aromatic N) is 3. The Morgan fingerprint density at radius 2 is 2.11 bits per heavy atom. The second kappa shape index (κ2) is 7.26. The number of hydrogen-bond donors (Lipinski definition) is 1. The molecule has 27 heavy (non-hydrogen) atoms. The molecule has 9 heteroatoms. The summed E-state index contributed by atoms with van der Waals surface area (Å²) >= 11 is 0. The first-order valence-electron chi connectivity index (χ1n) is 8.15. The predicted octanol–water partition coefficient (Wildman–Crippen LogP) is 3.74. The molecule has 142 valence electrons. The fourth-order valence-electron chi connectivity index (χ4n) is 2.55. The molecule has 0 radical (unpaired) electrons. The minimum absolute atomic E-state index is 0.0488. The number of hydrogen-bond acceptors (Lipinski definition) is 4. The molecule has 0 unspecified atom stereocenters. The van der Waals surface area contributed by atoms with E-state index in [2.05, 4.69) is 15.6 Å². The maximum Gasteiger partial charge on any atom is 0.416 e. The van der Waals surface area contributed by atoms with E-state index in [0.29, 0.717) is 17.9 Å². The van der Waals surface area contributed by atoms with Crippen LogP contribution in [0.5, 0.6) is 0 Å². The van der Waals surface area contributed by atoms with Crippen molar-refractivity contribution in [1.82, 2.24) is 20.3 Å².